The standard InChI is InChI=1S/C44H53N11O8S/c1-8-54-33(21-27(3)49-54)39(56)47-43-45-31-23-29(41(58)60-5)25-35(63-18-12-13-51-16-19-62-20-17-51)37(31)52(43)14-10-11-15-53-38-32(24-30(42(59)61-6)26-36(38)64-7)46-44(53)48-40(57)34-22-28(4)50-55(34)9-2/h10-11,21-26H,8-9,12-20H2,1-7H3,(H,45,47,56)(H,46,48,57)/b11-10+. The van der Waals surface area contributed by atoms with E-state index in [9.17, 15) is 19.2 Å². The fourth-order valence-electron chi connectivity index (χ4n) is 7.67. The quantitative estimate of drug-likeness (QED) is 0.0468. The lowest BCUT2D eigenvalue weighted by Crippen LogP contribution is -2.37. The van der Waals surface area contributed by atoms with Gasteiger partial charge in [0.1, 0.15) is 22.7 Å². The molecule has 0 spiro atoms. The molecule has 0 saturated carbocycles. The summed E-state index contributed by atoms with van der Waals surface area (Å²) < 4.78 is 29.0. The van der Waals surface area contributed by atoms with Gasteiger partial charge in [-0.2, -0.15) is 10.2 Å². The van der Waals surface area contributed by atoms with Gasteiger partial charge in [0, 0.05) is 50.7 Å². The van der Waals surface area contributed by atoms with Crippen LogP contribution in [0.4, 0.5) is 11.9 Å². The van der Waals surface area contributed by atoms with Gasteiger partial charge in [0.2, 0.25) is 11.9 Å². The zero-order chi connectivity index (χ0) is 45.5. The molecule has 6 aromatic rings. The summed E-state index contributed by atoms with van der Waals surface area (Å²) >= 11 is 1.43. The summed E-state index contributed by atoms with van der Waals surface area (Å²) in [7, 11) is 2.63. The van der Waals surface area contributed by atoms with Gasteiger partial charge in [-0.15, -0.1) is 11.8 Å². The van der Waals surface area contributed by atoms with Crippen molar-refractivity contribution in [2.24, 2.45) is 0 Å². The van der Waals surface area contributed by atoms with Crippen molar-refractivity contribution in [2.45, 2.75) is 65.2 Å². The molecular weight excluding hydrogens is 843 g/mol. The number of anilines is 2. The monoisotopic (exact) mass is 895 g/mol. The third-order valence-corrected chi connectivity index (χ3v) is 11.5. The average Bonchev–Trinajstić information content (AvgIpc) is 4.07. The number of thioether (sulfide) groups is 1. The van der Waals surface area contributed by atoms with E-state index < -0.39 is 23.8 Å². The second-order valence-corrected chi connectivity index (χ2v) is 15.8. The fraction of sp³-hybridized carbons (Fsp3) is 0.409. The van der Waals surface area contributed by atoms with Crippen LogP contribution in [0.25, 0.3) is 22.1 Å². The van der Waals surface area contributed by atoms with Gasteiger partial charge in [0.15, 0.2) is 0 Å². The van der Waals surface area contributed by atoms with Gasteiger partial charge in [-0.25, -0.2) is 19.6 Å². The molecule has 0 bridgehead atoms. The van der Waals surface area contributed by atoms with E-state index in [1.54, 1.807) is 45.8 Å². The van der Waals surface area contributed by atoms with Crippen molar-refractivity contribution in [3.8, 4) is 5.75 Å². The number of amides is 2. The molecule has 2 aromatic carbocycles. The van der Waals surface area contributed by atoms with Crippen molar-refractivity contribution < 1.29 is 38.1 Å². The van der Waals surface area contributed by atoms with Crippen LogP contribution in [0.1, 0.15) is 73.3 Å². The number of ether oxygens (including phenoxy) is 4. The first-order valence-corrected chi connectivity index (χ1v) is 22.3. The SMILES string of the molecule is CCn1nc(C)cc1C(=O)Nc1nc2cc(C(=O)OC)cc(OCCCN3CCOCC3)c2n1C/C=C/Cn1c(NC(=O)c2cc(C)nn2CC)nc2cc(C(=O)OC)cc(SC)c21. The highest BCUT2D eigenvalue weighted by Gasteiger charge is 2.24. The number of nitrogens with one attached hydrogen (secondary N) is 2. The molecule has 1 fully saturated rings. The molecule has 338 valence electrons. The molecule has 2 amide bonds. The van der Waals surface area contributed by atoms with Crippen molar-refractivity contribution in [1.29, 1.82) is 0 Å². The number of allylic oxidation sites excluding steroid dienone is 2. The van der Waals surface area contributed by atoms with Crippen molar-refractivity contribution >= 4 is 69.5 Å². The minimum atomic E-state index is -0.560. The van der Waals surface area contributed by atoms with E-state index in [0.717, 1.165) is 31.0 Å². The molecule has 1 aliphatic rings. The summed E-state index contributed by atoms with van der Waals surface area (Å²) in [6, 6.07) is 10.1. The van der Waals surface area contributed by atoms with E-state index in [1.165, 1.54) is 26.0 Å². The lowest BCUT2D eigenvalue weighted by Gasteiger charge is -2.26. The normalized spacial score (nSPS) is 13.2. The number of methoxy groups -OCH3 is 2. The van der Waals surface area contributed by atoms with Gasteiger partial charge in [0.05, 0.1) is 73.1 Å². The lowest BCUT2D eigenvalue weighted by molar-refractivity contribution is 0.0358. The Morgan fingerprint density at radius 1 is 0.750 bits per heavy atom. The van der Waals surface area contributed by atoms with Crippen LogP contribution in [0.2, 0.25) is 0 Å². The Labute approximate surface area is 374 Å². The minimum Gasteiger partial charge on any atom is -0.491 e. The molecule has 1 aliphatic heterocycles. The smallest absolute Gasteiger partial charge is 0.338 e. The lowest BCUT2D eigenvalue weighted by atomic mass is 10.2. The van der Waals surface area contributed by atoms with E-state index >= 15 is 0 Å². The van der Waals surface area contributed by atoms with Crippen LogP contribution in [0.3, 0.4) is 0 Å². The summed E-state index contributed by atoms with van der Waals surface area (Å²) in [5.41, 5.74) is 4.86. The second kappa shape index (κ2) is 20.3. The number of fused-ring (bicyclic) bond motifs is 2. The number of carbonyl (C=O) groups is 4. The average molecular weight is 896 g/mol. The number of carbonyl (C=O) groups excluding carboxylic acids is 4. The second-order valence-electron chi connectivity index (χ2n) is 15.0. The maximum Gasteiger partial charge on any atom is 0.338 e. The van der Waals surface area contributed by atoms with Gasteiger partial charge >= 0.3 is 11.9 Å². The van der Waals surface area contributed by atoms with E-state index in [4.69, 9.17) is 28.9 Å². The maximum absolute atomic E-state index is 13.9. The molecule has 0 radical (unpaired) electrons. The van der Waals surface area contributed by atoms with Crippen molar-refractivity contribution in [3.05, 3.63) is 82.5 Å². The maximum atomic E-state index is 13.9. The molecule has 5 heterocycles. The first-order chi connectivity index (χ1) is 31.0. The number of morpholine rings is 1. The zero-order valence-corrected chi connectivity index (χ0v) is 37.9. The predicted octanol–water partition coefficient (Wildman–Crippen LogP) is 5.59. The number of aryl methyl sites for hydroxylation is 4. The molecule has 0 unspecified atom stereocenters. The highest BCUT2D eigenvalue weighted by molar-refractivity contribution is 7.98. The van der Waals surface area contributed by atoms with Crippen LogP contribution in [0.15, 0.2) is 53.4 Å². The summed E-state index contributed by atoms with van der Waals surface area (Å²) in [4.78, 5) is 66.0. The van der Waals surface area contributed by atoms with E-state index in [1.807, 2.05) is 55.2 Å². The Bertz CT molecular complexity index is 2730. The van der Waals surface area contributed by atoms with Crippen LogP contribution in [-0.2, 0) is 40.4 Å². The Morgan fingerprint density at radius 2 is 1.27 bits per heavy atom. The summed E-state index contributed by atoms with van der Waals surface area (Å²) in [5.74, 6) is -1.00. The fourth-order valence-corrected chi connectivity index (χ4v) is 8.32. The molecule has 20 heteroatoms. The highest BCUT2D eigenvalue weighted by Crippen LogP contribution is 2.34. The molecule has 2 N–H and O–H groups in total. The zero-order valence-electron chi connectivity index (χ0n) is 37.1. The number of imidazole rings is 2. The molecule has 64 heavy (non-hydrogen) atoms. The first-order valence-electron chi connectivity index (χ1n) is 21.0. The van der Waals surface area contributed by atoms with Gasteiger partial charge < -0.3 is 28.1 Å². The highest BCUT2D eigenvalue weighted by atomic mass is 32.2. The Hall–Kier alpha value is -6.51. The number of aromatic nitrogens is 8. The summed E-state index contributed by atoms with van der Waals surface area (Å²) in [6.45, 7) is 13.1. The van der Waals surface area contributed by atoms with Crippen LogP contribution in [-0.4, -0.2) is 127 Å². The third kappa shape index (κ3) is 9.83. The van der Waals surface area contributed by atoms with Crippen LogP contribution >= 0.6 is 11.8 Å². The molecule has 19 nitrogen and oxygen atoms in total. The van der Waals surface area contributed by atoms with Gasteiger partial charge in [-0.05, 0) is 76.8 Å². The predicted molar refractivity (Wildman–Crippen MR) is 242 cm³/mol. The van der Waals surface area contributed by atoms with Gasteiger partial charge in [-0.3, -0.25) is 34.5 Å². The van der Waals surface area contributed by atoms with E-state index in [-0.39, 0.29) is 30.5 Å². The Kier molecular flexibility index (Phi) is 14.5. The topological polar surface area (TPSA) is 204 Å². The first kappa shape index (κ1) is 45.5. The number of hydrogen-bond acceptors (Lipinski definition) is 14. The molecule has 1 saturated heterocycles. The molecular formula is C44H53N11O8S. The van der Waals surface area contributed by atoms with Gasteiger partial charge in [-0.1, -0.05) is 12.2 Å². The van der Waals surface area contributed by atoms with Crippen LogP contribution < -0.4 is 15.4 Å². The van der Waals surface area contributed by atoms with Crippen molar-refractivity contribution in [1.82, 2.24) is 43.6 Å². The third-order valence-electron chi connectivity index (χ3n) is 10.7. The molecule has 0 atom stereocenters. The number of hydrogen-bond donors (Lipinski definition) is 2. The molecule has 7 rings (SSSR count). The van der Waals surface area contributed by atoms with Crippen LogP contribution in [0, 0.1) is 13.8 Å². The van der Waals surface area contributed by atoms with E-state index in [2.05, 4.69) is 25.7 Å². The number of benzene rings is 2. The summed E-state index contributed by atoms with van der Waals surface area (Å²) in [5, 5.41) is 14.9. The number of esters is 2. The number of nitrogens with zero attached hydrogens (tertiary/aromatic N) is 9. The van der Waals surface area contributed by atoms with Crippen LogP contribution in [0.5, 0.6) is 5.75 Å². The van der Waals surface area contributed by atoms with Gasteiger partial charge in [0.25, 0.3) is 11.8 Å². The minimum absolute atomic E-state index is 0.199. The Balaban J connectivity index is 1.26. The number of rotatable bonds is 18. The molecule has 4 aromatic heterocycles. The van der Waals surface area contributed by atoms with E-state index in [0.29, 0.717) is 89.1 Å². The van der Waals surface area contributed by atoms with Crippen molar-refractivity contribution in [2.75, 3.05) is 70.6 Å². The summed E-state index contributed by atoms with van der Waals surface area (Å²) in [6.07, 6.45) is 6.43. The van der Waals surface area contributed by atoms with Crippen molar-refractivity contribution in [3.63, 3.8) is 0 Å². The molecule has 0 aliphatic carbocycles. The Morgan fingerprint density at radius 3 is 1.78 bits per heavy atom. The largest absolute Gasteiger partial charge is 0.491 e.